The lowest BCUT2D eigenvalue weighted by Crippen LogP contribution is -2.36. The second-order valence-corrected chi connectivity index (χ2v) is 5.94. The van der Waals surface area contributed by atoms with E-state index in [0.29, 0.717) is 11.1 Å². The highest BCUT2D eigenvalue weighted by atomic mass is 32.2. The Morgan fingerprint density at radius 3 is 2.13 bits per heavy atom. The Labute approximate surface area is 135 Å². The maximum absolute atomic E-state index is 12.7. The molecular formula is C16H13NO5S. The zero-order valence-corrected chi connectivity index (χ0v) is 12.7. The minimum absolute atomic E-state index is 0.316. The molecule has 2 aromatic rings. The summed E-state index contributed by atoms with van der Waals surface area (Å²) < 4.78 is 18.2. The van der Waals surface area contributed by atoms with E-state index < -0.39 is 35.3 Å². The van der Waals surface area contributed by atoms with E-state index in [1.165, 1.54) is 0 Å². The first-order valence-corrected chi connectivity index (χ1v) is 7.88. The number of hydrogen-bond acceptors (Lipinski definition) is 4. The van der Waals surface area contributed by atoms with Gasteiger partial charge in [0, 0.05) is 5.56 Å². The van der Waals surface area contributed by atoms with Gasteiger partial charge >= 0.3 is 5.97 Å². The summed E-state index contributed by atoms with van der Waals surface area (Å²) in [7, 11) is 0. The molecule has 0 aliphatic carbocycles. The van der Waals surface area contributed by atoms with Crippen LogP contribution >= 0.6 is 0 Å². The Kier molecular flexibility index (Phi) is 4.22. The lowest BCUT2D eigenvalue weighted by Gasteiger charge is -2.22. The number of carbonyl (C=O) groups is 2. The van der Waals surface area contributed by atoms with Crippen molar-refractivity contribution in [2.45, 2.75) is 12.1 Å². The lowest BCUT2D eigenvalue weighted by molar-refractivity contribution is -0.145. The number of rotatable bonds is 3. The van der Waals surface area contributed by atoms with Crippen LogP contribution in [0.2, 0.25) is 0 Å². The average Bonchev–Trinajstić information content (AvgIpc) is 2.93. The van der Waals surface area contributed by atoms with Crippen LogP contribution in [0.1, 0.15) is 22.0 Å². The van der Waals surface area contributed by atoms with Crippen molar-refractivity contribution >= 4 is 23.1 Å². The van der Waals surface area contributed by atoms with E-state index in [1.807, 2.05) is 0 Å². The van der Waals surface area contributed by atoms with Crippen LogP contribution in [0.5, 0.6) is 0 Å². The van der Waals surface area contributed by atoms with E-state index in [9.17, 15) is 18.9 Å². The van der Waals surface area contributed by atoms with Crippen LogP contribution in [0.15, 0.2) is 60.7 Å². The summed E-state index contributed by atoms with van der Waals surface area (Å²) in [6.45, 7) is 0. The molecule has 3 rings (SSSR count). The smallest absolute Gasteiger partial charge is 0.336 e. The lowest BCUT2D eigenvalue weighted by atomic mass is 10.0. The first-order chi connectivity index (χ1) is 11.1. The van der Waals surface area contributed by atoms with Crippen LogP contribution in [0.25, 0.3) is 0 Å². The van der Waals surface area contributed by atoms with Gasteiger partial charge in [-0.2, -0.15) is 0 Å². The third-order valence-electron chi connectivity index (χ3n) is 3.49. The van der Waals surface area contributed by atoms with E-state index in [2.05, 4.69) is 0 Å². The third kappa shape index (κ3) is 2.88. The Morgan fingerprint density at radius 1 is 1.00 bits per heavy atom. The number of aliphatic carboxylic acids is 1. The molecule has 6 nitrogen and oxygen atoms in total. The molecule has 1 fully saturated rings. The number of amides is 1. The van der Waals surface area contributed by atoms with Crippen LogP contribution in [0.3, 0.4) is 0 Å². The molecule has 1 aliphatic heterocycles. The summed E-state index contributed by atoms with van der Waals surface area (Å²) >= 11 is -2.17. The molecule has 0 bridgehead atoms. The minimum Gasteiger partial charge on any atom is -0.479 e. The number of carboxylic acids is 1. The normalized spacial score (nSPS) is 23.7. The predicted molar refractivity (Wildman–Crippen MR) is 82.4 cm³/mol. The van der Waals surface area contributed by atoms with Gasteiger partial charge in [0.05, 0.1) is 0 Å². The average molecular weight is 331 g/mol. The Bertz CT molecular complexity index is 750. The molecule has 118 valence electrons. The van der Waals surface area contributed by atoms with Crippen molar-refractivity contribution in [1.29, 1.82) is 0 Å². The summed E-state index contributed by atoms with van der Waals surface area (Å²) in [4.78, 5) is 24.1. The number of carboxylic acid groups (broad SMARTS) is 1. The number of carbonyl (C=O) groups excluding carboxylic acids is 1. The van der Waals surface area contributed by atoms with Crippen molar-refractivity contribution in [1.82, 2.24) is 4.31 Å². The monoisotopic (exact) mass is 331 g/mol. The van der Waals surface area contributed by atoms with Crippen molar-refractivity contribution < 1.29 is 23.1 Å². The zero-order valence-electron chi connectivity index (χ0n) is 11.9. The topological polar surface area (TPSA) is 83.9 Å². The molecule has 7 heteroatoms. The molecule has 1 unspecified atom stereocenters. The van der Waals surface area contributed by atoms with Gasteiger partial charge in [0.1, 0.15) is 6.04 Å². The standard InChI is InChI=1S/C16H13NO5S/c18-15(12-9-5-2-6-10-12)17-13(11-7-3-1-4-8-11)14(16(19)20)22-23(17)21/h1-10,13-14H,(H,19,20)/t13-,14+,23?/m0/s1. The first kappa shape index (κ1) is 15.4. The van der Waals surface area contributed by atoms with Gasteiger partial charge in [-0.15, -0.1) is 0 Å². The summed E-state index contributed by atoms with van der Waals surface area (Å²) in [6, 6.07) is 15.9. The molecule has 2 aromatic carbocycles. The maximum atomic E-state index is 12.7. The predicted octanol–water partition coefficient (Wildman–Crippen LogP) is 1.93. The summed E-state index contributed by atoms with van der Waals surface area (Å²) in [6.07, 6.45) is -1.38. The third-order valence-corrected chi connectivity index (χ3v) is 4.58. The molecule has 0 spiro atoms. The van der Waals surface area contributed by atoms with E-state index in [4.69, 9.17) is 4.18 Å². The Balaban J connectivity index is 2.04. The van der Waals surface area contributed by atoms with E-state index >= 15 is 0 Å². The molecule has 1 aliphatic rings. The molecule has 1 heterocycles. The van der Waals surface area contributed by atoms with Gasteiger partial charge in [0.25, 0.3) is 17.2 Å². The van der Waals surface area contributed by atoms with Crippen molar-refractivity contribution in [3.8, 4) is 0 Å². The van der Waals surface area contributed by atoms with Gasteiger partial charge in [-0.05, 0) is 17.7 Å². The van der Waals surface area contributed by atoms with Gasteiger partial charge in [-0.3, -0.25) is 8.98 Å². The largest absolute Gasteiger partial charge is 0.479 e. The second kappa shape index (κ2) is 6.31. The van der Waals surface area contributed by atoms with Crippen LogP contribution < -0.4 is 0 Å². The summed E-state index contributed by atoms with van der Waals surface area (Å²) in [5, 5.41) is 9.34. The van der Waals surface area contributed by atoms with Crippen molar-refractivity contribution in [2.75, 3.05) is 0 Å². The fourth-order valence-electron chi connectivity index (χ4n) is 2.44. The number of hydrogen-bond donors (Lipinski definition) is 1. The molecule has 0 saturated carbocycles. The molecule has 0 radical (unpaired) electrons. The quantitative estimate of drug-likeness (QED) is 0.929. The van der Waals surface area contributed by atoms with E-state index in [-0.39, 0.29) is 0 Å². The maximum Gasteiger partial charge on any atom is 0.336 e. The molecule has 23 heavy (non-hydrogen) atoms. The van der Waals surface area contributed by atoms with Gasteiger partial charge in [0.15, 0.2) is 6.10 Å². The molecule has 1 amide bonds. The fraction of sp³-hybridized carbons (Fsp3) is 0.125. The van der Waals surface area contributed by atoms with E-state index in [0.717, 1.165) is 4.31 Å². The number of benzene rings is 2. The van der Waals surface area contributed by atoms with Crippen molar-refractivity contribution in [2.24, 2.45) is 0 Å². The van der Waals surface area contributed by atoms with Gasteiger partial charge < -0.3 is 5.11 Å². The van der Waals surface area contributed by atoms with Crippen LogP contribution in [-0.4, -0.2) is 31.6 Å². The molecule has 3 atom stereocenters. The van der Waals surface area contributed by atoms with Crippen LogP contribution in [0.4, 0.5) is 0 Å². The highest BCUT2D eigenvalue weighted by Crippen LogP contribution is 2.36. The van der Waals surface area contributed by atoms with Crippen molar-refractivity contribution in [3.05, 3.63) is 71.8 Å². The Morgan fingerprint density at radius 2 is 1.57 bits per heavy atom. The van der Waals surface area contributed by atoms with E-state index in [1.54, 1.807) is 60.7 Å². The Hall–Kier alpha value is -2.51. The van der Waals surface area contributed by atoms with Crippen molar-refractivity contribution in [3.63, 3.8) is 0 Å². The van der Waals surface area contributed by atoms with Crippen LogP contribution in [0, 0.1) is 0 Å². The minimum atomic E-state index is -2.17. The van der Waals surface area contributed by atoms with Gasteiger partial charge in [-0.1, -0.05) is 48.5 Å². The van der Waals surface area contributed by atoms with Gasteiger partial charge in [-0.25, -0.2) is 13.3 Å². The SMILES string of the molecule is O=C(O)[C@@H]1OS(=O)N(C(=O)c2ccccc2)[C@H]1c1ccccc1. The fourth-order valence-corrected chi connectivity index (χ4v) is 3.56. The molecule has 1 N–H and O–H groups in total. The molecule has 0 aromatic heterocycles. The summed E-state index contributed by atoms with van der Waals surface area (Å²) in [5.74, 6) is -1.81. The summed E-state index contributed by atoms with van der Waals surface area (Å²) in [5.41, 5.74) is 0.867. The number of nitrogens with zero attached hydrogens (tertiary/aromatic N) is 1. The highest BCUT2D eigenvalue weighted by molar-refractivity contribution is 7.78. The first-order valence-electron chi connectivity index (χ1n) is 6.85. The molecular weight excluding hydrogens is 318 g/mol. The van der Waals surface area contributed by atoms with Gasteiger partial charge in [0.2, 0.25) is 0 Å². The van der Waals surface area contributed by atoms with Crippen LogP contribution in [-0.2, 0) is 20.2 Å². The highest BCUT2D eigenvalue weighted by Gasteiger charge is 2.49. The second-order valence-electron chi connectivity index (χ2n) is 4.92. The molecule has 1 saturated heterocycles. The zero-order chi connectivity index (χ0) is 16.4.